The van der Waals surface area contributed by atoms with Gasteiger partial charge >= 0.3 is 0 Å². The number of rotatable bonds is 5. The average Bonchev–Trinajstić information content (AvgIpc) is 3.09. The Morgan fingerprint density at radius 1 is 0.919 bits per heavy atom. The van der Waals surface area contributed by atoms with Crippen LogP contribution in [0.25, 0.3) is 0 Å². The maximum atomic E-state index is 10.1. The standard InChI is InChI=1S/C32H56O3Si2/c1-29(2,3)36(9,10)34-24-19-22-13-15-25-26-16-14-23(21-33)31(26,7)18-17-27(25)32(22,8)28(20-24)35-37(11,12)30(4,5)6/h13-15,24,26-28,33H,16-21H2,1-12H3/t24-,26?,27?,28+,31-,32+/m1/s1. The van der Waals surface area contributed by atoms with Crippen LogP contribution in [0.4, 0.5) is 0 Å². The molecule has 0 aliphatic heterocycles. The fourth-order valence-corrected chi connectivity index (χ4v) is 10.1. The average molecular weight is 545 g/mol. The van der Waals surface area contributed by atoms with E-state index in [-0.39, 0.29) is 39.7 Å². The van der Waals surface area contributed by atoms with Gasteiger partial charge in [-0.3, -0.25) is 0 Å². The van der Waals surface area contributed by atoms with Crippen molar-refractivity contribution in [2.24, 2.45) is 22.7 Å². The first-order chi connectivity index (χ1) is 16.8. The van der Waals surface area contributed by atoms with E-state index >= 15 is 0 Å². The van der Waals surface area contributed by atoms with Gasteiger partial charge in [-0.1, -0.05) is 84.8 Å². The predicted molar refractivity (Wildman–Crippen MR) is 162 cm³/mol. The summed E-state index contributed by atoms with van der Waals surface area (Å²) in [5.74, 6) is 1.03. The van der Waals surface area contributed by atoms with Crippen LogP contribution in [0.5, 0.6) is 0 Å². The third-order valence-corrected chi connectivity index (χ3v) is 21.0. The van der Waals surface area contributed by atoms with Crippen LogP contribution in [0.1, 0.15) is 87.5 Å². The molecule has 2 saturated carbocycles. The van der Waals surface area contributed by atoms with Crippen LogP contribution < -0.4 is 0 Å². The predicted octanol–water partition coefficient (Wildman–Crippen LogP) is 8.79. The van der Waals surface area contributed by atoms with Crippen molar-refractivity contribution < 1.29 is 14.0 Å². The molecule has 0 amide bonds. The Morgan fingerprint density at radius 2 is 1.51 bits per heavy atom. The lowest BCUT2D eigenvalue weighted by atomic mass is 9.50. The topological polar surface area (TPSA) is 38.7 Å². The van der Waals surface area contributed by atoms with E-state index in [0.717, 1.165) is 25.7 Å². The summed E-state index contributed by atoms with van der Waals surface area (Å²) in [7, 11) is -3.88. The highest BCUT2D eigenvalue weighted by atomic mass is 28.4. The van der Waals surface area contributed by atoms with Crippen LogP contribution in [-0.4, -0.2) is 40.6 Å². The van der Waals surface area contributed by atoms with E-state index in [1.165, 1.54) is 12.0 Å². The fourth-order valence-electron chi connectivity index (χ4n) is 7.31. The second kappa shape index (κ2) is 9.29. The molecule has 0 bridgehead atoms. The van der Waals surface area contributed by atoms with E-state index in [4.69, 9.17) is 8.85 Å². The zero-order valence-corrected chi connectivity index (χ0v) is 28.0. The molecule has 0 saturated heterocycles. The van der Waals surface area contributed by atoms with Gasteiger partial charge < -0.3 is 14.0 Å². The molecule has 0 aromatic rings. The van der Waals surface area contributed by atoms with Gasteiger partial charge in [-0.25, -0.2) is 0 Å². The second-order valence-corrected chi connectivity index (χ2v) is 25.6. The minimum absolute atomic E-state index is 0.0101. The van der Waals surface area contributed by atoms with Crippen LogP contribution in [-0.2, 0) is 8.85 Å². The van der Waals surface area contributed by atoms with E-state index in [9.17, 15) is 5.11 Å². The van der Waals surface area contributed by atoms with E-state index in [1.54, 1.807) is 11.1 Å². The van der Waals surface area contributed by atoms with Crippen molar-refractivity contribution in [3.05, 3.63) is 34.9 Å². The molecule has 4 aliphatic rings. The van der Waals surface area contributed by atoms with Crippen molar-refractivity contribution in [1.82, 2.24) is 0 Å². The minimum Gasteiger partial charge on any atom is -0.414 e. The minimum atomic E-state index is -1.99. The summed E-state index contributed by atoms with van der Waals surface area (Å²) in [6, 6.07) is 0. The molecule has 210 valence electrons. The fraction of sp³-hybridized carbons (Fsp3) is 0.812. The van der Waals surface area contributed by atoms with Crippen molar-refractivity contribution in [2.45, 2.75) is 136 Å². The lowest BCUT2D eigenvalue weighted by Crippen LogP contribution is -2.58. The molecule has 0 aromatic carbocycles. The van der Waals surface area contributed by atoms with E-state index in [1.807, 2.05) is 0 Å². The number of aliphatic hydroxyl groups excluding tert-OH is 1. The first-order valence-electron chi connectivity index (χ1n) is 14.8. The molecule has 3 nitrogen and oxygen atoms in total. The normalized spacial score (nSPS) is 36.7. The van der Waals surface area contributed by atoms with Gasteiger partial charge in [0.15, 0.2) is 16.6 Å². The molecule has 6 atom stereocenters. The Hall–Kier alpha value is -0.466. The Labute approximate surface area is 230 Å². The van der Waals surface area contributed by atoms with Crippen LogP contribution >= 0.6 is 0 Å². The van der Waals surface area contributed by atoms with Crippen molar-refractivity contribution in [3.63, 3.8) is 0 Å². The summed E-state index contributed by atoms with van der Waals surface area (Å²) < 4.78 is 14.5. The Balaban J connectivity index is 1.74. The molecule has 2 fully saturated rings. The lowest BCUT2D eigenvalue weighted by Gasteiger charge is -2.59. The van der Waals surface area contributed by atoms with Crippen LogP contribution in [0.15, 0.2) is 34.9 Å². The van der Waals surface area contributed by atoms with Crippen LogP contribution in [0, 0.1) is 22.7 Å². The summed E-state index contributed by atoms with van der Waals surface area (Å²) in [5, 5.41) is 10.5. The molecule has 1 N–H and O–H groups in total. The summed E-state index contributed by atoms with van der Waals surface area (Å²) in [6.45, 7) is 28.9. The van der Waals surface area contributed by atoms with Gasteiger partial charge in [0.25, 0.3) is 0 Å². The maximum absolute atomic E-state index is 10.1. The molecular weight excluding hydrogens is 489 g/mol. The van der Waals surface area contributed by atoms with E-state index in [0.29, 0.717) is 11.8 Å². The SMILES string of the molecule is CC(C)(C)[Si](C)(C)O[C@@H]1CC2=CC=C3C(CC[C@]4(C)C(CO)=CCC34)[C@@]2(C)[C@@H](O[Si](C)(C)C(C)(C)C)C1. The summed E-state index contributed by atoms with van der Waals surface area (Å²) >= 11 is 0. The van der Waals surface area contributed by atoms with Crippen LogP contribution in [0.2, 0.25) is 36.3 Å². The lowest BCUT2D eigenvalue weighted by molar-refractivity contribution is -0.0389. The molecule has 4 rings (SSSR count). The summed E-state index contributed by atoms with van der Waals surface area (Å²) in [6.07, 6.45) is 13.1. The highest BCUT2D eigenvalue weighted by Crippen LogP contribution is 2.64. The Bertz CT molecular complexity index is 992. The molecule has 0 heterocycles. The van der Waals surface area contributed by atoms with Gasteiger partial charge in [-0.15, -0.1) is 0 Å². The number of hydrogen-bond donors (Lipinski definition) is 1. The first kappa shape index (κ1) is 29.5. The quantitative estimate of drug-likeness (QED) is 0.278. The molecule has 0 spiro atoms. The van der Waals surface area contributed by atoms with Crippen molar-refractivity contribution in [1.29, 1.82) is 0 Å². The van der Waals surface area contributed by atoms with Crippen molar-refractivity contribution >= 4 is 16.6 Å². The van der Waals surface area contributed by atoms with Crippen molar-refractivity contribution in [3.8, 4) is 0 Å². The van der Waals surface area contributed by atoms with Gasteiger partial charge in [0.05, 0.1) is 18.8 Å². The highest BCUT2D eigenvalue weighted by molar-refractivity contribution is 6.74. The highest BCUT2D eigenvalue weighted by Gasteiger charge is 2.59. The van der Waals surface area contributed by atoms with E-state index in [2.05, 4.69) is 99.8 Å². The molecule has 37 heavy (non-hydrogen) atoms. The smallest absolute Gasteiger partial charge is 0.192 e. The molecule has 4 aliphatic carbocycles. The third-order valence-electron chi connectivity index (χ3n) is 12.0. The van der Waals surface area contributed by atoms with Gasteiger partial charge in [-0.2, -0.15) is 0 Å². The molecule has 2 unspecified atom stereocenters. The summed E-state index contributed by atoms with van der Waals surface area (Å²) in [4.78, 5) is 0. The zero-order valence-electron chi connectivity index (χ0n) is 26.0. The van der Waals surface area contributed by atoms with E-state index < -0.39 is 16.6 Å². The number of fused-ring (bicyclic) bond motifs is 5. The number of aliphatic hydroxyl groups is 1. The largest absolute Gasteiger partial charge is 0.414 e. The van der Waals surface area contributed by atoms with Gasteiger partial charge in [0.1, 0.15) is 0 Å². The number of allylic oxidation sites excluding steroid dienone is 4. The Kier molecular flexibility index (Phi) is 7.41. The third kappa shape index (κ3) is 4.77. The molecule has 5 heteroatoms. The summed E-state index contributed by atoms with van der Waals surface area (Å²) in [5.41, 5.74) is 4.55. The molecule has 0 radical (unpaired) electrons. The monoisotopic (exact) mass is 544 g/mol. The maximum Gasteiger partial charge on any atom is 0.192 e. The van der Waals surface area contributed by atoms with Gasteiger partial charge in [0.2, 0.25) is 0 Å². The van der Waals surface area contributed by atoms with Crippen LogP contribution in [0.3, 0.4) is 0 Å². The van der Waals surface area contributed by atoms with Gasteiger partial charge in [-0.05, 0) is 91.2 Å². The molecule has 0 aromatic heterocycles. The first-order valence-corrected chi connectivity index (χ1v) is 20.7. The van der Waals surface area contributed by atoms with Crippen molar-refractivity contribution in [2.75, 3.05) is 6.61 Å². The van der Waals surface area contributed by atoms with Gasteiger partial charge in [0, 0.05) is 5.41 Å². The zero-order chi connectivity index (χ0) is 27.8. The second-order valence-electron chi connectivity index (χ2n) is 16.1. The Morgan fingerprint density at radius 3 is 2.08 bits per heavy atom. The number of hydrogen-bond acceptors (Lipinski definition) is 3. The molecular formula is C32H56O3Si2.